The van der Waals surface area contributed by atoms with Gasteiger partial charge in [-0.1, -0.05) is 12.1 Å². The largest absolute Gasteiger partial charge is 0.350 e. The van der Waals surface area contributed by atoms with Crippen molar-refractivity contribution in [1.29, 1.82) is 0 Å². The second kappa shape index (κ2) is 10.1. The molecule has 1 heterocycles. The summed E-state index contributed by atoms with van der Waals surface area (Å²) in [7, 11) is 0. The molecule has 8 heteroatoms. The third-order valence-electron chi connectivity index (χ3n) is 4.61. The van der Waals surface area contributed by atoms with E-state index in [2.05, 4.69) is 10.6 Å². The summed E-state index contributed by atoms with van der Waals surface area (Å²) in [6.07, 6.45) is 0. The molecule has 32 heavy (non-hydrogen) atoms. The molecule has 8 nitrogen and oxygen atoms in total. The summed E-state index contributed by atoms with van der Waals surface area (Å²) in [6.45, 7) is 17.2. The fourth-order valence-corrected chi connectivity index (χ4v) is 3.35. The Hall–Kier alpha value is -2.90. The molecule has 0 atom stereocenters. The van der Waals surface area contributed by atoms with Gasteiger partial charge in [0, 0.05) is 29.6 Å². The van der Waals surface area contributed by atoms with E-state index >= 15 is 0 Å². The SMILES string of the molecule is CCN(CC(=O)NC(C)(C)C)c1nc(N(CC)CC(=O)NC(C)(C)C)c2ccccc2n1. The number of amides is 2. The number of hydrogen-bond acceptors (Lipinski definition) is 6. The van der Waals surface area contributed by atoms with E-state index in [-0.39, 0.29) is 36.0 Å². The molecule has 2 amide bonds. The first kappa shape index (κ1) is 25.4. The fourth-order valence-electron chi connectivity index (χ4n) is 3.35. The summed E-state index contributed by atoms with van der Waals surface area (Å²) in [5.41, 5.74) is 0.150. The minimum absolute atomic E-state index is 0.0690. The second-order valence-corrected chi connectivity index (χ2v) is 9.99. The zero-order chi connectivity index (χ0) is 24.1. The molecule has 0 saturated heterocycles. The number of para-hydroxylation sites is 1. The number of carbonyl (C=O) groups is 2. The highest BCUT2D eigenvalue weighted by Crippen LogP contribution is 2.26. The van der Waals surface area contributed by atoms with Gasteiger partial charge in [0.1, 0.15) is 5.82 Å². The van der Waals surface area contributed by atoms with E-state index in [4.69, 9.17) is 9.97 Å². The van der Waals surface area contributed by atoms with Crippen LogP contribution in [-0.2, 0) is 9.59 Å². The van der Waals surface area contributed by atoms with Crippen molar-refractivity contribution in [2.75, 3.05) is 36.0 Å². The zero-order valence-corrected chi connectivity index (χ0v) is 20.7. The third kappa shape index (κ3) is 7.35. The van der Waals surface area contributed by atoms with E-state index in [0.29, 0.717) is 24.9 Å². The summed E-state index contributed by atoms with van der Waals surface area (Å²) in [4.78, 5) is 38.5. The van der Waals surface area contributed by atoms with Gasteiger partial charge >= 0.3 is 0 Å². The van der Waals surface area contributed by atoms with Crippen molar-refractivity contribution in [1.82, 2.24) is 20.6 Å². The number of anilines is 2. The lowest BCUT2D eigenvalue weighted by atomic mass is 10.1. The monoisotopic (exact) mass is 442 g/mol. The van der Waals surface area contributed by atoms with Gasteiger partial charge < -0.3 is 20.4 Å². The summed E-state index contributed by atoms with van der Waals surface area (Å²) in [6, 6.07) is 7.75. The molecule has 2 rings (SSSR count). The summed E-state index contributed by atoms with van der Waals surface area (Å²) in [5.74, 6) is 1.00. The standard InChI is InChI=1S/C24H38N6O2/c1-9-29(15-19(31)27-23(3,4)5)21-17-13-11-12-14-18(17)25-22(26-21)30(10-2)16-20(32)28-24(6,7)8/h11-14H,9-10,15-16H2,1-8H3,(H,27,31)(H,28,32). The van der Waals surface area contributed by atoms with Crippen molar-refractivity contribution in [3.05, 3.63) is 24.3 Å². The molecule has 2 aromatic rings. The Balaban J connectivity index is 2.42. The van der Waals surface area contributed by atoms with Crippen LogP contribution in [0.15, 0.2) is 24.3 Å². The van der Waals surface area contributed by atoms with E-state index in [0.717, 1.165) is 10.9 Å². The summed E-state index contributed by atoms with van der Waals surface area (Å²) < 4.78 is 0. The van der Waals surface area contributed by atoms with Crippen LogP contribution in [0.4, 0.5) is 11.8 Å². The van der Waals surface area contributed by atoms with Crippen LogP contribution < -0.4 is 20.4 Å². The molecule has 0 aliphatic carbocycles. The smallest absolute Gasteiger partial charge is 0.240 e. The minimum atomic E-state index is -0.314. The van der Waals surface area contributed by atoms with Gasteiger partial charge in [-0.25, -0.2) is 4.98 Å². The van der Waals surface area contributed by atoms with Crippen LogP contribution in [0.3, 0.4) is 0 Å². The van der Waals surface area contributed by atoms with Crippen molar-refractivity contribution < 1.29 is 9.59 Å². The Morgan fingerprint density at radius 3 is 1.81 bits per heavy atom. The molecular formula is C24H38N6O2. The van der Waals surface area contributed by atoms with Crippen LogP contribution in [0.1, 0.15) is 55.4 Å². The number of nitrogens with zero attached hydrogens (tertiary/aromatic N) is 4. The molecule has 0 fully saturated rings. The van der Waals surface area contributed by atoms with Crippen molar-refractivity contribution in [2.45, 2.75) is 66.5 Å². The number of rotatable bonds is 8. The van der Waals surface area contributed by atoms with Gasteiger partial charge in [-0.3, -0.25) is 9.59 Å². The lowest BCUT2D eigenvalue weighted by molar-refractivity contribution is -0.122. The van der Waals surface area contributed by atoms with E-state index in [1.165, 1.54) is 0 Å². The molecule has 0 bridgehead atoms. The van der Waals surface area contributed by atoms with Crippen LogP contribution in [0.5, 0.6) is 0 Å². The van der Waals surface area contributed by atoms with Gasteiger partial charge in [0.15, 0.2) is 0 Å². The van der Waals surface area contributed by atoms with Gasteiger partial charge in [0.05, 0.1) is 18.6 Å². The highest BCUT2D eigenvalue weighted by atomic mass is 16.2. The van der Waals surface area contributed by atoms with Gasteiger partial charge in [-0.15, -0.1) is 0 Å². The number of aromatic nitrogens is 2. The molecule has 0 spiro atoms. The molecule has 2 N–H and O–H groups in total. The molecule has 0 aliphatic heterocycles. The summed E-state index contributed by atoms with van der Waals surface area (Å²) >= 11 is 0. The van der Waals surface area contributed by atoms with Crippen LogP contribution in [0.25, 0.3) is 10.9 Å². The molecule has 1 aromatic heterocycles. The number of nitrogens with one attached hydrogen (secondary N) is 2. The number of fused-ring (bicyclic) bond motifs is 1. The van der Waals surface area contributed by atoms with Gasteiger partial charge in [-0.2, -0.15) is 4.98 Å². The van der Waals surface area contributed by atoms with Crippen molar-refractivity contribution in [2.24, 2.45) is 0 Å². The van der Waals surface area contributed by atoms with Crippen molar-refractivity contribution in [3.63, 3.8) is 0 Å². The molecule has 176 valence electrons. The second-order valence-electron chi connectivity index (χ2n) is 9.99. The highest BCUT2D eigenvalue weighted by molar-refractivity contribution is 5.93. The molecule has 0 radical (unpaired) electrons. The lowest BCUT2D eigenvalue weighted by Gasteiger charge is -2.28. The van der Waals surface area contributed by atoms with Crippen LogP contribution in [0, 0.1) is 0 Å². The van der Waals surface area contributed by atoms with Crippen LogP contribution >= 0.6 is 0 Å². The van der Waals surface area contributed by atoms with Crippen molar-refractivity contribution >= 4 is 34.5 Å². The van der Waals surface area contributed by atoms with E-state index in [1.807, 2.05) is 89.5 Å². The molecule has 0 aliphatic rings. The van der Waals surface area contributed by atoms with Crippen molar-refractivity contribution in [3.8, 4) is 0 Å². The average Bonchev–Trinajstić information content (AvgIpc) is 2.66. The molecule has 1 aromatic carbocycles. The Kier molecular flexibility index (Phi) is 8.04. The number of hydrogen-bond donors (Lipinski definition) is 2. The van der Waals surface area contributed by atoms with Gasteiger partial charge in [-0.05, 0) is 67.5 Å². The average molecular weight is 443 g/mol. The molecule has 0 saturated carbocycles. The van der Waals surface area contributed by atoms with E-state index in [1.54, 1.807) is 0 Å². The van der Waals surface area contributed by atoms with Crippen LogP contribution in [0.2, 0.25) is 0 Å². The first-order valence-electron chi connectivity index (χ1n) is 11.2. The third-order valence-corrected chi connectivity index (χ3v) is 4.61. The van der Waals surface area contributed by atoms with E-state index in [9.17, 15) is 9.59 Å². The Morgan fingerprint density at radius 2 is 1.31 bits per heavy atom. The first-order chi connectivity index (χ1) is 14.8. The highest BCUT2D eigenvalue weighted by Gasteiger charge is 2.22. The Labute approximate surface area is 191 Å². The van der Waals surface area contributed by atoms with Gasteiger partial charge in [0.25, 0.3) is 0 Å². The quantitative estimate of drug-likeness (QED) is 0.653. The van der Waals surface area contributed by atoms with Gasteiger partial charge in [0.2, 0.25) is 17.8 Å². The fraction of sp³-hybridized carbons (Fsp3) is 0.583. The van der Waals surface area contributed by atoms with Crippen LogP contribution in [-0.4, -0.2) is 59.0 Å². The molecular weight excluding hydrogens is 404 g/mol. The maximum Gasteiger partial charge on any atom is 0.240 e. The number of carbonyl (C=O) groups excluding carboxylic acids is 2. The molecule has 0 unspecified atom stereocenters. The minimum Gasteiger partial charge on any atom is -0.350 e. The predicted molar refractivity (Wildman–Crippen MR) is 131 cm³/mol. The summed E-state index contributed by atoms with van der Waals surface area (Å²) in [5, 5.41) is 6.87. The Morgan fingerprint density at radius 1 is 0.812 bits per heavy atom. The maximum atomic E-state index is 12.6. The lowest BCUT2D eigenvalue weighted by Crippen LogP contribution is -2.47. The Bertz CT molecular complexity index is 946. The topological polar surface area (TPSA) is 90.5 Å². The predicted octanol–water partition coefficient (Wildman–Crippen LogP) is 3.11. The first-order valence-corrected chi connectivity index (χ1v) is 11.2. The number of likely N-dealkylation sites (N-methyl/N-ethyl adjacent to an activating group) is 2. The normalized spacial score (nSPS) is 11.9. The zero-order valence-electron chi connectivity index (χ0n) is 20.7. The van der Waals surface area contributed by atoms with E-state index < -0.39 is 0 Å². The maximum absolute atomic E-state index is 12.6. The number of benzene rings is 1.